The first-order valence-electron chi connectivity index (χ1n) is 9.53. The van der Waals surface area contributed by atoms with Crippen molar-refractivity contribution < 1.29 is 22.1 Å². The first kappa shape index (κ1) is 21.6. The van der Waals surface area contributed by atoms with Crippen LogP contribution in [0.5, 0.6) is 0 Å². The molecule has 4 aromatic rings. The Kier molecular flexibility index (Phi) is 5.72. The van der Waals surface area contributed by atoms with Gasteiger partial charge in [0.05, 0.1) is 15.9 Å². The largest absolute Gasteiger partial charge is 0.347 e. The van der Waals surface area contributed by atoms with Crippen molar-refractivity contribution in [2.45, 2.75) is 11.3 Å². The van der Waals surface area contributed by atoms with E-state index in [1.165, 1.54) is 50.5 Å². The Morgan fingerprint density at radius 1 is 1.16 bits per heavy atom. The normalized spacial score (nSPS) is 11.9. The predicted octanol–water partition coefficient (Wildman–Crippen LogP) is 1.97. The fraction of sp³-hybridized carbons (Fsp3) is 0.200. The van der Waals surface area contributed by atoms with Gasteiger partial charge < -0.3 is 14.8 Å². The van der Waals surface area contributed by atoms with E-state index in [0.717, 1.165) is 4.31 Å². The third-order valence-electron chi connectivity index (χ3n) is 4.65. The third-order valence-corrected chi connectivity index (χ3v) is 6.48. The lowest BCUT2D eigenvalue weighted by Crippen LogP contribution is -2.26. The molecule has 2 aromatic carbocycles. The van der Waals surface area contributed by atoms with E-state index in [2.05, 4.69) is 25.4 Å². The molecular weight excluding hydrogens is 439 g/mol. The fourth-order valence-corrected chi connectivity index (χ4v) is 3.84. The number of imidazole rings is 1. The van der Waals surface area contributed by atoms with E-state index >= 15 is 0 Å². The number of H-pyrrole nitrogens is 1. The number of nitrogens with one attached hydrogen (secondary N) is 2. The standard InChI is InChI=1S/C20H19FN6O4S/c1-27(2)32(29,30)14-6-3-12(4-7-14)18-25-20(31-26-18)19(28)22-10-9-17-23-15-8-5-13(21)11-16(15)24-17/h3-8,11H,9-10H2,1-2H3,(H,22,28)(H,23,24). The number of rotatable bonds is 7. The molecule has 0 saturated heterocycles. The van der Waals surface area contributed by atoms with Gasteiger partial charge in [0.25, 0.3) is 0 Å². The molecule has 0 bridgehead atoms. The van der Waals surface area contributed by atoms with Crippen molar-refractivity contribution in [2.24, 2.45) is 0 Å². The van der Waals surface area contributed by atoms with Crippen molar-refractivity contribution in [2.75, 3.05) is 20.6 Å². The van der Waals surface area contributed by atoms with Crippen LogP contribution in [0.2, 0.25) is 0 Å². The SMILES string of the molecule is CN(C)S(=O)(=O)c1ccc(-c2noc(C(=O)NCCc3nc4ccc(F)cc4[nH]3)n2)cc1. The zero-order valence-corrected chi connectivity index (χ0v) is 18.0. The molecule has 0 aliphatic carbocycles. The first-order valence-corrected chi connectivity index (χ1v) is 11.0. The number of nitrogens with zero attached hydrogens (tertiary/aromatic N) is 4. The highest BCUT2D eigenvalue weighted by molar-refractivity contribution is 7.89. The van der Waals surface area contributed by atoms with Gasteiger partial charge in [-0.05, 0) is 42.5 Å². The highest BCUT2D eigenvalue weighted by Gasteiger charge is 2.19. The Bertz CT molecular complexity index is 1380. The molecule has 1 amide bonds. The average Bonchev–Trinajstić information content (AvgIpc) is 3.40. The highest BCUT2D eigenvalue weighted by Crippen LogP contribution is 2.20. The molecule has 0 fully saturated rings. The topological polar surface area (TPSA) is 134 Å². The van der Waals surface area contributed by atoms with Crippen molar-refractivity contribution in [1.29, 1.82) is 0 Å². The maximum Gasteiger partial charge on any atom is 0.316 e. The van der Waals surface area contributed by atoms with Crippen LogP contribution in [0.15, 0.2) is 51.9 Å². The van der Waals surface area contributed by atoms with E-state index < -0.39 is 15.9 Å². The van der Waals surface area contributed by atoms with Crippen LogP contribution in [0.4, 0.5) is 4.39 Å². The summed E-state index contributed by atoms with van der Waals surface area (Å²) in [4.78, 5) is 23.8. The second-order valence-corrected chi connectivity index (χ2v) is 9.24. The van der Waals surface area contributed by atoms with Gasteiger partial charge in [-0.1, -0.05) is 5.16 Å². The number of benzene rings is 2. The van der Waals surface area contributed by atoms with Gasteiger partial charge in [-0.2, -0.15) is 4.98 Å². The Balaban J connectivity index is 1.38. The summed E-state index contributed by atoms with van der Waals surface area (Å²) < 4.78 is 43.7. The van der Waals surface area contributed by atoms with Crippen LogP contribution in [0.1, 0.15) is 16.5 Å². The molecule has 166 valence electrons. The summed E-state index contributed by atoms with van der Waals surface area (Å²) in [6, 6.07) is 10.2. The predicted molar refractivity (Wildman–Crippen MR) is 113 cm³/mol. The highest BCUT2D eigenvalue weighted by atomic mass is 32.2. The zero-order valence-electron chi connectivity index (χ0n) is 17.2. The zero-order chi connectivity index (χ0) is 22.9. The van der Waals surface area contributed by atoms with Gasteiger partial charge in [0, 0.05) is 32.6 Å². The van der Waals surface area contributed by atoms with Gasteiger partial charge >= 0.3 is 11.8 Å². The summed E-state index contributed by atoms with van der Waals surface area (Å²) >= 11 is 0. The number of carbonyl (C=O) groups is 1. The van der Waals surface area contributed by atoms with Crippen molar-refractivity contribution >= 4 is 27.0 Å². The Hall–Kier alpha value is -3.64. The summed E-state index contributed by atoms with van der Waals surface area (Å²) in [5.74, 6) is -0.385. The molecule has 0 radical (unpaired) electrons. The number of amides is 1. The number of aromatic nitrogens is 4. The molecule has 32 heavy (non-hydrogen) atoms. The lowest BCUT2D eigenvalue weighted by atomic mass is 10.2. The van der Waals surface area contributed by atoms with E-state index in [-0.39, 0.29) is 29.0 Å². The number of hydrogen-bond donors (Lipinski definition) is 2. The number of sulfonamides is 1. The van der Waals surface area contributed by atoms with Crippen LogP contribution in [-0.4, -0.2) is 59.4 Å². The molecule has 12 heteroatoms. The Morgan fingerprint density at radius 2 is 1.91 bits per heavy atom. The van der Waals surface area contributed by atoms with Crippen molar-refractivity contribution in [3.05, 3.63) is 60.0 Å². The molecule has 0 aliphatic rings. The summed E-state index contributed by atoms with van der Waals surface area (Å²) in [7, 11) is -0.658. The summed E-state index contributed by atoms with van der Waals surface area (Å²) in [5.41, 5.74) is 1.72. The molecule has 2 heterocycles. The maximum atomic E-state index is 13.3. The molecular formula is C20H19FN6O4S. The van der Waals surface area contributed by atoms with Crippen molar-refractivity contribution in [3.8, 4) is 11.4 Å². The lowest BCUT2D eigenvalue weighted by molar-refractivity contribution is 0.0910. The Morgan fingerprint density at radius 3 is 2.62 bits per heavy atom. The fourth-order valence-electron chi connectivity index (χ4n) is 2.94. The van der Waals surface area contributed by atoms with Gasteiger partial charge in [0.15, 0.2) is 0 Å². The number of aromatic amines is 1. The van der Waals surface area contributed by atoms with E-state index in [0.29, 0.717) is 28.8 Å². The lowest BCUT2D eigenvalue weighted by Gasteiger charge is -2.11. The van der Waals surface area contributed by atoms with E-state index in [1.54, 1.807) is 6.07 Å². The minimum atomic E-state index is -3.55. The van der Waals surface area contributed by atoms with Crippen molar-refractivity contribution in [1.82, 2.24) is 29.7 Å². The van der Waals surface area contributed by atoms with Gasteiger partial charge in [-0.15, -0.1) is 0 Å². The van der Waals surface area contributed by atoms with Gasteiger partial charge in [-0.25, -0.2) is 22.1 Å². The average molecular weight is 458 g/mol. The first-order chi connectivity index (χ1) is 15.2. The van der Waals surface area contributed by atoms with Gasteiger partial charge in [0.2, 0.25) is 15.8 Å². The second kappa shape index (κ2) is 8.48. The summed E-state index contributed by atoms with van der Waals surface area (Å²) in [6.07, 6.45) is 0.394. The number of carbonyl (C=O) groups excluding carboxylic acids is 1. The van der Waals surface area contributed by atoms with E-state index in [9.17, 15) is 17.6 Å². The summed E-state index contributed by atoms with van der Waals surface area (Å²) in [5, 5.41) is 6.43. The smallest absolute Gasteiger partial charge is 0.316 e. The quantitative estimate of drug-likeness (QED) is 0.432. The summed E-state index contributed by atoms with van der Waals surface area (Å²) in [6.45, 7) is 0.246. The number of fused-ring (bicyclic) bond motifs is 1. The van der Waals surface area contributed by atoms with Crippen LogP contribution in [-0.2, 0) is 16.4 Å². The maximum absolute atomic E-state index is 13.3. The van der Waals surface area contributed by atoms with E-state index in [4.69, 9.17) is 4.52 Å². The Labute approximate surface area is 182 Å². The number of halogens is 1. The van der Waals surface area contributed by atoms with Crippen LogP contribution in [0, 0.1) is 5.82 Å². The molecule has 0 spiro atoms. The molecule has 0 atom stereocenters. The molecule has 0 unspecified atom stereocenters. The van der Waals surface area contributed by atoms with Crippen LogP contribution < -0.4 is 5.32 Å². The van der Waals surface area contributed by atoms with E-state index in [1.807, 2.05) is 0 Å². The molecule has 2 aromatic heterocycles. The molecule has 0 saturated carbocycles. The number of hydrogen-bond acceptors (Lipinski definition) is 7. The molecule has 4 rings (SSSR count). The van der Waals surface area contributed by atoms with Gasteiger partial charge in [0.1, 0.15) is 11.6 Å². The van der Waals surface area contributed by atoms with Crippen molar-refractivity contribution in [3.63, 3.8) is 0 Å². The monoisotopic (exact) mass is 458 g/mol. The second-order valence-electron chi connectivity index (χ2n) is 7.09. The van der Waals surface area contributed by atoms with Crippen LogP contribution >= 0.6 is 0 Å². The minimum absolute atomic E-state index is 0.126. The molecule has 10 nitrogen and oxygen atoms in total. The minimum Gasteiger partial charge on any atom is -0.347 e. The third kappa shape index (κ3) is 4.36. The van der Waals surface area contributed by atoms with Crippen LogP contribution in [0.25, 0.3) is 22.4 Å². The van der Waals surface area contributed by atoms with Gasteiger partial charge in [-0.3, -0.25) is 4.79 Å². The van der Waals surface area contributed by atoms with Crippen LogP contribution in [0.3, 0.4) is 0 Å². The molecule has 0 aliphatic heterocycles. The molecule has 2 N–H and O–H groups in total.